The molecule has 2 amide bonds. The second-order valence-electron chi connectivity index (χ2n) is 8.02. The number of carbonyl (C=O) groups excluding carboxylic acids is 2. The van der Waals surface area contributed by atoms with Gasteiger partial charge in [0.2, 0.25) is 0 Å². The molecule has 1 heterocycles. The van der Waals surface area contributed by atoms with Crippen LogP contribution in [0.5, 0.6) is 0 Å². The fourth-order valence-electron chi connectivity index (χ4n) is 3.79. The Balaban J connectivity index is 1.51. The Bertz CT molecular complexity index is 1450. The molecule has 0 saturated heterocycles. The molecule has 7 heteroatoms. The van der Waals surface area contributed by atoms with Crippen LogP contribution < -0.4 is 10.6 Å². The summed E-state index contributed by atoms with van der Waals surface area (Å²) in [6.45, 7) is -0.218. The van der Waals surface area contributed by atoms with Crippen molar-refractivity contribution in [2.45, 2.75) is 12.5 Å². The molecule has 0 aliphatic heterocycles. The van der Waals surface area contributed by atoms with Crippen LogP contribution in [0.3, 0.4) is 0 Å². The van der Waals surface area contributed by atoms with Crippen molar-refractivity contribution >= 4 is 34.3 Å². The number of aromatic nitrogens is 1. The van der Waals surface area contributed by atoms with E-state index in [1.165, 1.54) is 0 Å². The number of aliphatic hydroxyl groups excluding tert-OH is 1. The van der Waals surface area contributed by atoms with E-state index in [1.54, 1.807) is 49.5 Å². The molecule has 4 rings (SSSR count). The van der Waals surface area contributed by atoms with Crippen LogP contribution in [0.2, 0.25) is 5.02 Å². The Kier molecular flexibility index (Phi) is 7.51. The van der Waals surface area contributed by atoms with Gasteiger partial charge in [0.05, 0.1) is 23.2 Å². The third-order valence-corrected chi connectivity index (χ3v) is 5.94. The van der Waals surface area contributed by atoms with Crippen LogP contribution in [0, 0.1) is 11.8 Å². The number of benzene rings is 3. The number of hydrogen-bond acceptors (Lipinski definition) is 3. The Hall–Kier alpha value is -4.05. The van der Waals surface area contributed by atoms with Gasteiger partial charge in [-0.1, -0.05) is 47.7 Å². The number of hydrogen-bond donors (Lipinski definition) is 4. The van der Waals surface area contributed by atoms with Crippen LogP contribution in [0.15, 0.2) is 72.9 Å². The van der Waals surface area contributed by atoms with Gasteiger partial charge in [0.15, 0.2) is 0 Å². The molecule has 3 aromatic carbocycles. The molecule has 35 heavy (non-hydrogen) atoms. The van der Waals surface area contributed by atoms with E-state index in [-0.39, 0.29) is 24.0 Å². The minimum Gasteiger partial charge on any atom is -0.394 e. The first kappa shape index (κ1) is 24.1. The van der Waals surface area contributed by atoms with E-state index < -0.39 is 6.04 Å². The number of aliphatic hydroxyl groups is 1. The number of para-hydroxylation sites is 1. The van der Waals surface area contributed by atoms with Crippen LogP contribution >= 0.6 is 11.6 Å². The molecule has 0 unspecified atom stereocenters. The summed E-state index contributed by atoms with van der Waals surface area (Å²) in [7, 11) is 1.57. The summed E-state index contributed by atoms with van der Waals surface area (Å²) in [6.07, 6.45) is 2.35. The highest BCUT2D eigenvalue weighted by molar-refractivity contribution is 6.33. The molecule has 6 nitrogen and oxygen atoms in total. The molecule has 0 fully saturated rings. The smallest absolute Gasteiger partial charge is 0.253 e. The van der Waals surface area contributed by atoms with Gasteiger partial charge in [-0.15, -0.1) is 0 Å². The third kappa shape index (κ3) is 5.72. The summed E-state index contributed by atoms with van der Waals surface area (Å²) in [5.41, 5.74) is 4.06. The maximum absolute atomic E-state index is 13.0. The summed E-state index contributed by atoms with van der Waals surface area (Å²) >= 11 is 6.31. The lowest BCUT2D eigenvalue weighted by atomic mass is 10.0. The molecule has 0 bridgehead atoms. The molecule has 0 saturated carbocycles. The Morgan fingerprint density at radius 1 is 1.00 bits per heavy atom. The van der Waals surface area contributed by atoms with Crippen LogP contribution in [-0.2, 0) is 6.42 Å². The molecular formula is C28H24ClN3O3. The standard InChI is InChI=1S/C28H24ClN3O3/c1-30-27(34)20-6-4-5-18(13-20)9-10-19-11-12-25(29)24(14-19)28(35)32-22(17-33)15-21-16-31-26-8-3-2-7-23(21)26/h2-8,11-14,16,22,31,33H,15,17H2,1H3,(H,30,34)(H,32,35)/t22-/m1/s1. The zero-order valence-electron chi connectivity index (χ0n) is 19.1. The van der Waals surface area contributed by atoms with E-state index in [0.717, 1.165) is 16.5 Å². The maximum atomic E-state index is 13.0. The van der Waals surface area contributed by atoms with Crippen molar-refractivity contribution in [1.82, 2.24) is 15.6 Å². The lowest BCUT2D eigenvalue weighted by Crippen LogP contribution is -2.39. The first-order chi connectivity index (χ1) is 17.0. The molecule has 176 valence electrons. The van der Waals surface area contributed by atoms with Crippen molar-refractivity contribution in [3.8, 4) is 11.8 Å². The molecule has 4 aromatic rings. The Morgan fingerprint density at radius 3 is 2.54 bits per heavy atom. The predicted molar refractivity (Wildman–Crippen MR) is 138 cm³/mol. The SMILES string of the molecule is CNC(=O)c1cccc(C#Cc2ccc(Cl)c(C(=O)N[C@@H](CO)Cc3c[nH]c4ccccc34)c2)c1. The van der Waals surface area contributed by atoms with Gasteiger partial charge in [-0.05, 0) is 54.4 Å². The number of carbonyl (C=O) groups is 2. The van der Waals surface area contributed by atoms with E-state index >= 15 is 0 Å². The van der Waals surface area contributed by atoms with Gasteiger partial charge in [0.25, 0.3) is 11.8 Å². The molecule has 4 N–H and O–H groups in total. The largest absolute Gasteiger partial charge is 0.394 e. The number of nitrogens with one attached hydrogen (secondary N) is 3. The fourth-order valence-corrected chi connectivity index (χ4v) is 4.00. The highest BCUT2D eigenvalue weighted by Crippen LogP contribution is 2.21. The zero-order chi connectivity index (χ0) is 24.8. The molecule has 1 atom stereocenters. The van der Waals surface area contributed by atoms with Gasteiger partial charge in [0.1, 0.15) is 0 Å². The first-order valence-corrected chi connectivity index (χ1v) is 11.5. The van der Waals surface area contributed by atoms with Crippen LogP contribution in [0.1, 0.15) is 37.4 Å². The average Bonchev–Trinajstić information content (AvgIpc) is 3.30. The number of fused-ring (bicyclic) bond motifs is 1. The summed E-state index contributed by atoms with van der Waals surface area (Å²) in [5.74, 6) is 5.45. The average molecular weight is 486 g/mol. The quantitative estimate of drug-likeness (QED) is 0.312. The van der Waals surface area contributed by atoms with E-state index in [0.29, 0.717) is 28.1 Å². The highest BCUT2D eigenvalue weighted by Gasteiger charge is 2.18. The number of H-pyrrole nitrogens is 1. The van der Waals surface area contributed by atoms with Crippen molar-refractivity contribution in [3.63, 3.8) is 0 Å². The summed E-state index contributed by atoms with van der Waals surface area (Å²) in [5, 5.41) is 16.7. The molecule has 0 aliphatic rings. The minimum atomic E-state index is -0.486. The third-order valence-electron chi connectivity index (χ3n) is 5.61. The Labute approximate surface area is 208 Å². The summed E-state index contributed by atoms with van der Waals surface area (Å²) in [6, 6.07) is 19.3. The Morgan fingerprint density at radius 2 is 1.77 bits per heavy atom. The van der Waals surface area contributed by atoms with Gasteiger partial charge < -0.3 is 20.7 Å². The monoisotopic (exact) mass is 485 g/mol. The van der Waals surface area contributed by atoms with Gasteiger partial charge in [0, 0.05) is 40.8 Å². The number of halogens is 1. The lowest BCUT2D eigenvalue weighted by Gasteiger charge is -2.17. The van der Waals surface area contributed by atoms with Gasteiger partial charge in [-0.25, -0.2) is 0 Å². The van der Waals surface area contributed by atoms with Crippen molar-refractivity contribution in [3.05, 3.63) is 106 Å². The minimum absolute atomic E-state index is 0.190. The van der Waals surface area contributed by atoms with Crippen molar-refractivity contribution in [1.29, 1.82) is 0 Å². The molecule has 1 aromatic heterocycles. The normalized spacial score (nSPS) is 11.4. The maximum Gasteiger partial charge on any atom is 0.253 e. The van der Waals surface area contributed by atoms with Gasteiger partial charge >= 0.3 is 0 Å². The fraction of sp³-hybridized carbons (Fsp3) is 0.143. The number of aromatic amines is 1. The van der Waals surface area contributed by atoms with Crippen molar-refractivity contribution in [2.75, 3.05) is 13.7 Å². The van der Waals surface area contributed by atoms with Crippen molar-refractivity contribution in [2.24, 2.45) is 0 Å². The number of amides is 2. The van der Waals surface area contributed by atoms with Crippen molar-refractivity contribution < 1.29 is 14.7 Å². The molecular weight excluding hydrogens is 462 g/mol. The summed E-state index contributed by atoms with van der Waals surface area (Å²) < 4.78 is 0. The second kappa shape index (κ2) is 10.9. The first-order valence-electron chi connectivity index (χ1n) is 11.1. The van der Waals surface area contributed by atoms with E-state index in [1.807, 2.05) is 30.5 Å². The predicted octanol–water partition coefficient (Wildman–Crippen LogP) is 3.91. The van der Waals surface area contributed by atoms with Crippen LogP contribution in [0.4, 0.5) is 0 Å². The molecule has 0 radical (unpaired) electrons. The molecule has 0 spiro atoms. The van der Waals surface area contributed by atoms with E-state index in [9.17, 15) is 14.7 Å². The highest BCUT2D eigenvalue weighted by atomic mass is 35.5. The second-order valence-corrected chi connectivity index (χ2v) is 8.43. The summed E-state index contributed by atoms with van der Waals surface area (Å²) in [4.78, 5) is 28.0. The lowest BCUT2D eigenvalue weighted by molar-refractivity contribution is 0.0915. The van der Waals surface area contributed by atoms with Crippen LogP contribution in [0.25, 0.3) is 10.9 Å². The van der Waals surface area contributed by atoms with Crippen LogP contribution in [-0.4, -0.2) is 41.6 Å². The zero-order valence-corrected chi connectivity index (χ0v) is 19.8. The number of rotatable bonds is 6. The topological polar surface area (TPSA) is 94.2 Å². The van der Waals surface area contributed by atoms with Gasteiger partial charge in [-0.3, -0.25) is 9.59 Å². The molecule has 0 aliphatic carbocycles. The van der Waals surface area contributed by atoms with E-state index in [2.05, 4.69) is 27.5 Å². The van der Waals surface area contributed by atoms with E-state index in [4.69, 9.17) is 11.6 Å². The van der Waals surface area contributed by atoms with Gasteiger partial charge in [-0.2, -0.15) is 0 Å².